The quantitative estimate of drug-likeness (QED) is 0.173. The van der Waals surface area contributed by atoms with Gasteiger partial charge in [0.1, 0.15) is 0 Å². The van der Waals surface area contributed by atoms with Crippen molar-refractivity contribution in [1.29, 1.82) is 0 Å². The average Bonchev–Trinajstić information content (AvgIpc) is 3.04. The van der Waals surface area contributed by atoms with Crippen LogP contribution >= 0.6 is 16.1 Å². The smallest absolute Gasteiger partial charge is 0.258 e. The molecule has 7 rings (SSSR count). The van der Waals surface area contributed by atoms with Gasteiger partial charge in [-0.1, -0.05) is 36.4 Å². The van der Waals surface area contributed by atoms with E-state index in [0.717, 1.165) is 32.5 Å². The van der Waals surface area contributed by atoms with Gasteiger partial charge in [0.05, 0.1) is 6.04 Å². The molecule has 132 valence electrons. The maximum absolute atomic E-state index is 12.7. The Labute approximate surface area is 167 Å². The first-order valence-corrected chi connectivity index (χ1v) is 9.90. The Hall–Kier alpha value is -3.02. The Bertz CT molecular complexity index is 1570. The first-order chi connectivity index (χ1) is 13.7. The number of halogens is 1. The third-order valence-electron chi connectivity index (χ3n) is 6.38. The van der Waals surface area contributed by atoms with Gasteiger partial charge >= 0.3 is 0 Å². The lowest BCUT2D eigenvalue weighted by atomic mass is 9.85. The molecular formula is C23H11BrN2O2. The van der Waals surface area contributed by atoms with Crippen LogP contribution in [0.1, 0.15) is 37.9 Å². The van der Waals surface area contributed by atoms with Crippen molar-refractivity contribution >= 4 is 71.1 Å². The number of hydrogen-bond acceptors (Lipinski definition) is 3. The van der Waals surface area contributed by atoms with E-state index < -0.39 is 0 Å². The van der Waals surface area contributed by atoms with E-state index in [-0.39, 0.29) is 17.9 Å². The molecular weight excluding hydrogens is 416 g/mol. The molecule has 0 bridgehead atoms. The summed E-state index contributed by atoms with van der Waals surface area (Å²) in [6.07, 6.45) is 0. The standard InChI is InChI=1S/C23H11BrN2O2/c24-26-21-12-5-4-9-2-1-3-10-11-6-7-13-17-15(23(28)25-22(13)27)8-14(21)20(18(11)17)19(12)16(9)10/h1-8,21,26H,(H,25,27,28). The Morgan fingerprint density at radius 3 is 2.39 bits per heavy atom. The van der Waals surface area contributed by atoms with Crippen LogP contribution in [-0.4, -0.2) is 11.8 Å². The van der Waals surface area contributed by atoms with E-state index in [1.165, 1.54) is 21.7 Å². The van der Waals surface area contributed by atoms with Crippen molar-refractivity contribution < 1.29 is 9.59 Å². The van der Waals surface area contributed by atoms with Crippen LogP contribution in [0.25, 0.3) is 43.1 Å². The van der Waals surface area contributed by atoms with Crippen molar-refractivity contribution in [3.63, 3.8) is 0 Å². The predicted molar refractivity (Wildman–Crippen MR) is 113 cm³/mol. The number of carbonyl (C=O) groups excluding carboxylic acids is 2. The van der Waals surface area contributed by atoms with Gasteiger partial charge in [-0.05, 0) is 61.0 Å². The first kappa shape index (κ1) is 15.0. The molecule has 5 heteroatoms. The zero-order valence-electron chi connectivity index (χ0n) is 14.4. The van der Waals surface area contributed by atoms with Crippen LogP contribution in [0.2, 0.25) is 0 Å². The zero-order chi connectivity index (χ0) is 18.7. The van der Waals surface area contributed by atoms with Crippen molar-refractivity contribution in [2.24, 2.45) is 0 Å². The third kappa shape index (κ3) is 1.47. The second kappa shape index (κ2) is 4.69. The van der Waals surface area contributed by atoms with E-state index >= 15 is 0 Å². The molecule has 0 radical (unpaired) electrons. The van der Waals surface area contributed by atoms with E-state index in [1.807, 2.05) is 18.2 Å². The van der Waals surface area contributed by atoms with Gasteiger partial charge in [0, 0.05) is 32.7 Å². The summed E-state index contributed by atoms with van der Waals surface area (Å²) in [7, 11) is 0. The van der Waals surface area contributed by atoms with Crippen molar-refractivity contribution in [2.75, 3.05) is 0 Å². The summed E-state index contributed by atoms with van der Waals surface area (Å²) in [5.41, 5.74) is 3.40. The lowest BCUT2D eigenvalue weighted by Gasteiger charge is -2.21. The number of nitrogens with one attached hydrogen (secondary N) is 2. The van der Waals surface area contributed by atoms with E-state index in [9.17, 15) is 9.59 Å². The molecule has 0 saturated heterocycles. The molecule has 0 fully saturated rings. The summed E-state index contributed by atoms with van der Waals surface area (Å²) in [6, 6.07) is 16.4. The maximum atomic E-state index is 12.7. The van der Waals surface area contributed by atoms with Gasteiger partial charge in [0.15, 0.2) is 0 Å². The fourth-order valence-corrected chi connectivity index (χ4v) is 5.82. The van der Waals surface area contributed by atoms with Gasteiger partial charge in [0.2, 0.25) is 0 Å². The van der Waals surface area contributed by atoms with Gasteiger partial charge in [-0.3, -0.25) is 14.9 Å². The SMILES string of the molecule is O=C1NC(=O)c2cc3c4c5c(ccc6cccc(c7ccc1c2c74)c65)C3NBr. The summed E-state index contributed by atoms with van der Waals surface area (Å²) < 4.78 is 3.25. The Kier molecular flexibility index (Phi) is 2.51. The number of benzene rings is 5. The lowest BCUT2D eigenvalue weighted by Crippen LogP contribution is -2.34. The van der Waals surface area contributed by atoms with Crippen LogP contribution in [-0.2, 0) is 0 Å². The third-order valence-corrected chi connectivity index (χ3v) is 6.84. The van der Waals surface area contributed by atoms with Crippen LogP contribution in [0.3, 0.4) is 0 Å². The fourth-order valence-electron chi connectivity index (χ4n) is 5.33. The summed E-state index contributed by atoms with van der Waals surface area (Å²) >= 11 is 3.45. The first-order valence-electron chi connectivity index (χ1n) is 9.11. The van der Waals surface area contributed by atoms with Crippen LogP contribution in [0.5, 0.6) is 0 Å². The molecule has 2 N–H and O–H groups in total. The molecule has 1 aliphatic carbocycles. The van der Waals surface area contributed by atoms with Gasteiger partial charge in [0.25, 0.3) is 11.8 Å². The van der Waals surface area contributed by atoms with Crippen LogP contribution in [0.15, 0.2) is 48.5 Å². The minimum atomic E-state index is -0.328. The van der Waals surface area contributed by atoms with Crippen molar-refractivity contribution in [1.82, 2.24) is 9.66 Å². The lowest BCUT2D eigenvalue weighted by molar-refractivity contribution is 0.0845. The van der Waals surface area contributed by atoms with Crippen LogP contribution < -0.4 is 9.66 Å². The normalized spacial score (nSPS) is 17.7. The van der Waals surface area contributed by atoms with Crippen LogP contribution in [0.4, 0.5) is 0 Å². The zero-order valence-corrected chi connectivity index (χ0v) is 16.0. The monoisotopic (exact) mass is 426 g/mol. The number of imide groups is 1. The second-order valence-electron chi connectivity index (χ2n) is 7.56. The molecule has 0 saturated carbocycles. The molecule has 4 nitrogen and oxygen atoms in total. The van der Waals surface area contributed by atoms with E-state index in [4.69, 9.17) is 0 Å². The molecule has 0 aromatic heterocycles. The van der Waals surface area contributed by atoms with E-state index in [0.29, 0.717) is 11.1 Å². The number of rotatable bonds is 1. The molecule has 5 aromatic carbocycles. The number of carbonyl (C=O) groups is 2. The highest BCUT2D eigenvalue weighted by molar-refractivity contribution is 9.08. The Morgan fingerprint density at radius 1 is 0.750 bits per heavy atom. The van der Waals surface area contributed by atoms with Crippen molar-refractivity contribution in [3.05, 3.63) is 70.8 Å². The predicted octanol–water partition coefficient (Wildman–Crippen LogP) is 4.92. The molecule has 28 heavy (non-hydrogen) atoms. The van der Waals surface area contributed by atoms with Crippen molar-refractivity contribution in [2.45, 2.75) is 6.04 Å². The maximum Gasteiger partial charge on any atom is 0.258 e. The van der Waals surface area contributed by atoms with Gasteiger partial charge in [-0.2, -0.15) is 0 Å². The molecule has 1 unspecified atom stereocenters. The number of fused-ring (bicyclic) bond motifs is 1. The van der Waals surface area contributed by atoms with Gasteiger partial charge in [-0.15, -0.1) is 0 Å². The van der Waals surface area contributed by atoms with Crippen molar-refractivity contribution in [3.8, 4) is 0 Å². The fraction of sp³-hybridized carbons (Fsp3) is 0.0435. The highest BCUT2D eigenvalue weighted by Crippen LogP contribution is 2.52. The Morgan fingerprint density at radius 2 is 1.54 bits per heavy atom. The van der Waals surface area contributed by atoms with E-state index in [1.54, 1.807) is 0 Å². The summed E-state index contributed by atoms with van der Waals surface area (Å²) in [5.74, 6) is -0.653. The minimum Gasteiger partial charge on any atom is -0.288 e. The molecule has 2 aliphatic rings. The summed E-state index contributed by atoms with van der Waals surface area (Å²) in [4.78, 5) is 25.2. The largest absolute Gasteiger partial charge is 0.288 e. The topological polar surface area (TPSA) is 58.2 Å². The average molecular weight is 427 g/mol. The minimum absolute atomic E-state index is 0.0526. The summed E-state index contributed by atoms with van der Waals surface area (Å²) in [6.45, 7) is 0. The van der Waals surface area contributed by atoms with Gasteiger partial charge in [-0.25, -0.2) is 4.34 Å². The summed E-state index contributed by atoms with van der Waals surface area (Å²) in [5, 5.41) is 11.3. The molecule has 1 atom stereocenters. The molecule has 5 aromatic rings. The Balaban J connectivity index is 1.91. The number of hydrogen-bond donors (Lipinski definition) is 2. The van der Waals surface area contributed by atoms with E-state index in [2.05, 4.69) is 56.1 Å². The molecule has 2 amide bonds. The molecule has 1 aliphatic heterocycles. The highest BCUT2D eigenvalue weighted by atomic mass is 79.9. The highest BCUT2D eigenvalue weighted by Gasteiger charge is 2.34. The second-order valence-corrected chi connectivity index (χ2v) is 8.02. The molecule has 0 spiro atoms. The number of amides is 2. The molecule has 1 heterocycles. The van der Waals surface area contributed by atoms with Crippen LogP contribution in [0, 0.1) is 0 Å². The van der Waals surface area contributed by atoms with Gasteiger partial charge < -0.3 is 0 Å².